The summed E-state index contributed by atoms with van der Waals surface area (Å²) in [5, 5.41) is 0. The summed E-state index contributed by atoms with van der Waals surface area (Å²) >= 11 is 0. The van der Waals surface area contributed by atoms with Crippen LogP contribution in [0, 0.1) is 0 Å². The molecule has 2 nitrogen and oxygen atoms in total. The third-order valence-electron chi connectivity index (χ3n) is 8.51. The summed E-state index contributed by atoms with van der Waals surface area (Å²) in [5.41, 5.74) is 0. The van der Waals surface area contributed by atoms with E-state index in [1.54, 1.807) is 0 Å². The van der Waals surface area contributed by atoms with Gasteiger partial charge in [0.15, 0.2) is 5.79 Å². The summed E-state index contributed by atoms with van der Waals surface area (Å²) in [6.45, 7) is 7.47. The molecule has 0 N–H and O–H groups in total. The lowest BCUT2D eigenvalue weighted by atomic mass is 9.98. The second kappa shape index (κ2) is 29.9. The highest BCUT2D eigenvalue weighted by molar-refractivity contribution is 4.93. The van der Waals surface area contributed by atoms with Gasteiger partial charge in [-0.1, -0.05) is 140 Å². The first-order valence-electron chi connectivity index (χ1n) is 18.6. The molecule has 0 radical (unpaired) electrons. The monoisotopic (exact) mass is 585 g/mol. The first-order chi connectivity index (χ1) is 20.7. The zero-order valence-corrected chi connectivity index (χ0v) is 28.6. The van der Waals surface area contributed by atoms with E-state index in [1.807, 2.05) is 0 Å². The average Bonchev–Trinajstić information content (AvgIpc) is 3.37. The molecule has 244 valence electrons. The van der Waals surface area contributed by atoms with Gasteiger partial charge in [0.05, 0.1) is 12.7 Å². The summed E-state index contributed by atoms with van der Waals surface area (Å²) < 4.78 is 12.6. The van der Waals surface area contributed by atoms with E-state index < -0.39 is 0 Å². The Hall–Kier alpha value is -1.12. The summed E-state index contributed by atoms with van der Waals surface area (Å²) in [7, 11) is 0. The zero-order chi connectivity index (χ0) is 30.2. The fraction of sp³-hybridized carbons (Fsp3) is 0.800. The molecule has 42 heavy (non-hydrogen) atoms. The molecule has 0 bridgehead atoms. The van der Waals surface area contributed by atoms with Crippen molar-refractivity contribution in [3.05, 3.63) is 48.6 Å². The van der Waals surface area contributed by atoms with Crippen LogP contribution in [0.15, 0.2) is 48.6 Å². The molecule has 1 heterocycles. The van der Waals surface area contributed by atoms with Crippen LogP contribution in [0.3, 0.4) is 0 Å². The summed E-state index contributed by atoms with van der Waals surface area (Å²) in [5.74, 6) is -0.288. The Balaban J connectivity index is 1.99. The molecule has 0 saturated carbocycles. The predicted molar refractivity (Wildman–Crippen MR) is 187 cm³/mol. The molecule has 0 aliphatic carbocycles. The van der Waals surface area contributed by atoms with Crippen LogP contribution in [-0.4, -0.2) is 18.5 Å². The fourth-order valence-electron chi connectivity index (χ4n) is 5.86. The Bertz CT molecular complexity index is 625. The molecule has 1 fully saturated rings. The highest BCUT2D eigenvalue weighted by atomic mass is 16.7. The van der Waals surface area contributed by atoms with Crippen LogP contribution in [0.5, 0.6) is 0 Å². The third-order valence-corrected chi connectivity index (χ3v) is 8.51. The molecule has 0 aromatic heterocycles. The number of ether oxygens (including phenoxy) is 2. The van der Waals surface area contributed by atoms with E-state index in [0.717, 1.165) is 32.3 Å². The minimum Gasteiger partial charge on any atom is -0.347 e. The fourth-order valence-corrected chi connectivity index (χ4v) is 5.86. The topological polar surface area (TPSA) is 18.5 Å². The van der Waals surface area contributed by atoms with E-state index in [2.05, 4.69) is 69.4 Å². The third kappa shape index (κ3) is 24.3. The SMILES string of the molecule is CCCCC/C=C\C/C=C\CCCCCCCCC1(CCCCCCCC/C=C\C/C=C\CCCCC)OCC(C)O1. The lowest BCUT2D eigenvalue weighted by Crippen LogP contribution is -2.30. The normalized spacial score (nSPS) is 17.3. The number of rotatable bonds is 30. The lowest BCUT2D eigenvalue weighted by molar-refractivity contribution is -0.177. The van der Waals surface area contributed by atoms with E-state index in [4.69, 9.17) is 9.47 Å². The maximum Gasteiger partial charge on any atom is 0.168 e. The van der Waals surface area contributed by atoms with Gasteiger partial charge in [-0.3, -0.25) is 0 Å². The van der Waals surface area contributed by atoms with Gasteiger partial charge in [0.25, 0.3) is 0 Å². The van der Waals surface area contributed by atoms with Gasteiger partial charge in [-0.05, 0) is 84.0 Å². The standard InChI is InChI=1S/C40H72O2/c1-4-6-8-10-12-14-16-18-20-22-24-26-28-30-32-34-36-40(41-38-39(3)42-40)37-35-33-31-29-27-25-23-21-19-17-15-13-11-9-7-5-2/h12-15,18-21,39H,4-11,16-17,22-38H2,1-3H3/b14-12-,15-13-,20-18-,21-19-. The van der Waals surface area contributed by atoms with Crippen molar-refractivity contribution in [1.29, 1.82) is 0 Å². The number of hydrogen-bond acceptors (Lipinski definition) is 2. The van der Waals surface area contributed by atoms with Crippen molar-refractivity contribution in [2.75, 3.05) is 6.61 Å². The van der Waals surface area contributed by atoms with Crippen molar-refractivity contribution in [1.82, 2.24) is 0 Å². The largest absolute Gasteiger partial charge is 0.347 e. The van der Waals surface area contributed by atoms with Gasteiger partial charge in [-0.25, -0.2) is 0 Å². The maximum atomic E-state index is 6.35. The Labute approximate surface area is 263 Å². The van der Waals surface area contributed by atoms with Gasteiger partial charge in [0.1, 0.15) is 0 Å². The number of unbranched alkanes of at least 4 members (excludes halogenated alkanes) is 18. The van der Waals surface area contributed by atoms with Gasteiger partial charge in [-0.2, -0.15) is 0 Å². The summed E-state index contributed by atoms with van der Waals surface area (Å²) in [6.07, 6.45) is 52.3. The van der Waals surface area contributed by atoms with Crippen molar-refractivity contribution in [2.24, 2.45) is 0 Å². The van der Waals surface area contributed by atoms with Crippen LogP contribution in [0.25, 0.3) is 0 Å². The Morgan fingerprint density at radius 3 is 1.19 bits per heavy atom. The molecule has 1 aliphatic heterocycles. The first-order valence-corrected chi connectivity index (χ1v) is 18.6. The molecule has 1 atom stereocenters. The smallest absolute Gasteiger partial charge is 0.168 e. The Kier molecular flexibility index (Phi) is 27.7. The van der Waals surface area contributed by atoms with Crippen LogP contribution in [-0.2, 0) is 9.47 Å². The predicted octanol–water partition coefficient (Wildman–Crippen LogP) is 13.5. The van der Waals surface area contributed by atoms with Crippen LogP contribution in [0.4, 0.5) is 0 Å². The molecule has 0 spiro atoms. The molecule has 0 amide bonds. The van der Waals surface area contributed by atoms with E-state index in [0.29, 0.717) is 0 Å². The van der Waals surface area contributed by atoms with E-state index in [9.17, 15) is 0 Å². The maximum absolute atomic E-state index is 6.35. The van der Waals surface area contributed by atoms with Crippen molar-refractivity contribution < 1.29 is 9.47 Å². The Morgan fingerprint density at radius 1 is 0.476 bits per heavy atom. The molecular weight excluding hydrogens is 512 g/mol. The molecule has 1 rings (SSSR count). The minimum atomic E-state index is -0.288. The lowest BCUT2D eigenvalue weighted by Gasteiger charge is -2.28. The van der Waals surface area contributed by atoms with E-state index in [1.165, 1.54) is 141 Å². The second-order valence-electron chi connectivity index (χ2n) is 12.8. The number of hydrogen-bond donors (Lipinski definition) is 0. The molecule has 2 heteroatoms. The molecule has 1 unspecified atom stereocenters. The van der Waals surface area contributed by atoms with Crippen molar-refractivity contribution >= 4 is 0 Å². The molecular formula is C40H72O2. The van der Waals surface area contributed by atoms with Gasteiger partial charge in [0, 0.05) is 12.8 Å². The summed E-state index contributed by atoms with van der Waals surface area (Å²) in [6, 6.07) is 0. The van der Waals surface area contributed by atoms with E-state index in [-0.39, 0.29) is 11.9 Å². The summed E-state index contributed by atoms with van der Waals surface area (Å²) in [4.78, 5) is 0. The van der Waals surface area contributed by atoms with Gasteiger partial charge in [0.2, 0.25) is 0 Å². The highest BCUT2D eigenvalue weighted by Gasteiger charge is 2.38. The zero-order valence-electron chi connectivity index (χ0n) is 28.6. The molecule has 1 saturated heterocycles. The van der Waals surface area contributed by atoms with Crippen LogP contribution >= 0.6 is 0 Å². The van der Waals surface area contributed by atoms with E-state index >= 15 is 0 Å². The number of allylic oxidation sites excluding steroid dienone is 8. The first kappa shape index (κ1) is 38.9. The Morgan fingerprint density at radius 2 is 0.833 bits per heavy atom. The van der Waals surface area contributed by atoms with Crippen LogP contribution in [0.2, 0.25) is 0 Å². The average molecular weight is 585 g/mol. The van der Waals surface area contributed by atoms with Crippen LogP contribution in [0.1, 0.15) is 188 Å². The van der Waals surface area contributed by atoms with Crippen molar-refractivity contribution in [3.63, 3.8) is 0 Å². The van der Waals surface area contributed by atoms with Crippen LogP contribution < -0.4 is 0 Å². The van der Waals surface area contributed by atoms with Gasteiger partial charge < -0.3 is 9.47 Å². The van der Waals surface area contributed by atoms with Crippen molar-refractivity contribution in [3.8, 4) is 0 Å². The second-order valence-corrected chi connectivity index (χ2v) is 12.8. The molecule has 0 aromatic rings. The van der Waals surface area contributed by atoms with Gasteiger partial charge >= 0.3 is 0 Å². The van der Waals surface area contributed by atoms with Gasteiger partial charge in [-0.15, -0.1) is 0 Å². The molecule has 0 aromatic carbocycles. The quantitative estimate of drug-likeness (QED) is 0.0617. The highest BCUT2D eigenvalue weighted by Crippen LogP contribution is 2.34. The minimum absolute atomic E-state index is 0.249. The molecule has 1 aliphatic rings. The van der Waals surface area contributed by atoms with Crippen molar-refractivity contribution in [2.45, 2.75) is 200 Å².